The Bertz CT molecular complexity index is 994. The summed E-state index contributed by atoms with van der Waals surface area (Å²) in [5.74, 6) is -3.12. The van der Waals surface area contributed by atoms with E-state index in [-0.39, 0.29) is 17.1 Å². The predicted molar refractivity (Wildman–Crippen MR) is 101 cm³/mol. The van der Waals surface area contributed by atoms with E-state index in [0.29, 0.717) is 13.0 Å². The molecular weight excluding hydrogens is 364 g/mol. The van der Waals surface area contributed by atoms with E-state index in [0.717, 1.165) is 17.7 Å². The molecule has 0 radical (unpaired) electrons. The summed E-state index contributed by atoms with van der Waals surface area (Å²) in [6.07, 6.45) is 0.670. The summed E-state index contributed by atoms with van der Waals surface area (Å²) in [6.45, 7) is 0.426. The number of hydrogen-bond donors (Lipinski definition) is 2. The number of aromatic nitrogens is 1. The van der Waals surface area contributed by atoms with E-state index >= 15 is 0 Å². The minimum absolute atomic E-state index is 0.0135. The average molecular weight is 381 g/mol. The third-order valence-electron chi connectivity index (χ3n) is 3.93. The Morgan fingerprint density at radius 1 is 0.821 bits per heavy atom. The Kier molecular flexibility index (Phi) is 6.06. The summed E-state index contributed by atoms with van der Waals surface area (Å²) in [6, 6.07) is 17.2. The summed E-state index contributed by atoms with van der Waals surface area (Å²) >= 11 is 0. The van der Waals surface area contributed by atoms with Crippen molar-refractivity contribution in [3.8, 4) is 0 Å². The Morgan fingerprint density at radius 3 is 2.25 bits per heavy atom. The molecule has 1 heterocycles. The van der Waals surface area contributed by atoms with Crippen molar-refractivity contribution < 1.29 is 18.4 Å². The third-order valence-corrected chi connectivity index (χ3v) is 3.93. The summed E-state index contributed by atoms with van der Waals surface area (Å²) in [4.78, 5) is 28.6. The van der Waals surface area contributed by atoms with Crippen molar-refractivity contribution >= 4 is 17.5 Å². The van der Waals surface area contributed by atoms with Gasteiger partial charge in [0.1, 0.15) is 11.4 Å². The van der Waals surface area contributed by atoms with Crippen LogP contribution in [0.3, 0.4) is 0 Å². The molecule has 0 aliphatic rings. The molecule has 2 amide bonds. The molecule has 0 aliphatic carbocycles. The van der Waals surface area contributed by atoms with Crippen LogP contribution in [0, 0.1) is 11.6 Å². The van der Waals surface area contributed by atoms with Crippen LogP contribution in [0.4, 0.5) is 14.5 Å². The number of amides is 2. The van der Waals surface area contributed by atoms with Gasteiger partial charge in [-0.3, -0.25) is 9.59 Å². The van der Waals surface area contributed by atoms with Gasteiger partial charge in [0.15, 0.2) is 11.6 Å². The highest BCUT2D eigenvalue weighted by Crippen LogP contribution is 2.14. The van der Waals surface area contributed by atoms with Gasteiger partial charge in [0.2, 0.25) is 0 Å². The number of hydrogen-bond acceptors (Lipinski definition) is 3. The molecule has 7 heteroatoms. The van der Waals surface area contributed by atoms with E-state index in [1.54, 1.807) is 0 Å². The van der Waals surface area contributed by atoms with Crippen molar-refractivity contribution in [1.82, 2.24) is 10.3 Å². The molecule has 0 atom stereocenters. The molecule has 5 nitrogen and oxygen atoms in total. The quantitative estimate of drug-likeness (QED) is 0.686. The Balaban J connectivity index is 1.61. The van der Waals surface area contributed by atoms with Crippen LogP contribution >= 0.6 is 0 Å². The third kappa shape index (κ3) is 4.97. The zero-order chi connectivity index (χ0) is 19.9. The first kappa shape index (κ1) is 19.2. The van der Waals surface area contributed by atoms with Gasteiger partial charge in [-0.05, 0) is 36.2 Å². The molecule has 3 rings (SSSR count). The first-order valence-electron chi connectivity index (χ1n) is 8.58. The minimum Gasteiger partial charge on any atom is -0.350 e. The second kappa shape index (κ2) is 8.85. The van der Waals surface area contributed by atoms with Gasteiger partial charge in [-0.25, -0.2) is 13.8 Å². The van der Waals surface area contributed by atoms with Crippen LogP contribution in [-0.4, -0.2) is 23.3 Å². The van der Waals surface area contributed by atoms with E-state index in [4.69, 9.17) is 0 Å². The van der Waals surface area contributed by atoms with E-state index < -0.39 is 23.4 Å². The molecular formula is C21H17F2N3O2. The van der Waals surface area contributed by atoms with Crippen molar-refractivity contribution in [1.29, 1.82) is 0 Å². The second-order valence-corrected chi connectivity index (χ2v) is 5.98. The lowest BCUT2D eigenvalue weighted by Gasteiger charge is -2.08. The number of pyridine rings is 1. The van der Waals surface area contributed by atoms with Crippen molar-refractivity contribution in [2.75, 3.05) is 11.9 Å². The minimum atomic E-state index is -1.07. The molecule has 0 saturated heterocycles. The van der Waals surface area contributed by atoms with Gasteiger partial charge in [0.05, 0.1) is 0 Å². The number of rotatable bonds is 6. The van der Waals surface area contributed by atoms with Crippen molar-refractivity contribution in [2.45, 2.75) is 6.42 Å². The standard InChI is InChI=1S/C21H17F2N3O2/c22-16-10-9-15(13-17(16)23)25-21(28)19-8-4-7-18(26-19)20(27)24-12-11-14-5-2-1-3-6-14/h1-10,13H,11-12H2,(H,24,27)(H,25,28). The largest absolute Gasteiger partial charge is 0.350 e. The van der Waals surface area contributed by atoms with Crippen LogP contribution < -0.4 is 10.6 Å². The Hall–Kier alpha value is -3.61. The van der Waals surface area contributed by atoms with Crippen molar-refractivity contribution in [3.05, 3.63) is 95.3 Å². The van der Waals surface area contributed by atoms with E-state index in [1.807, 2.05) is 30.3 Å². The Morgan fingerprint density at radius 2 is 1.54 bits per heavy atom. The summed E-state index contributed by atoms with van der Waals surface area (Å²) in [5, 5.41) is 5.17. The molecule has 2 aromatic carbocycles. The van der Waals surface area contributed by atoms with Gasteiger partial charge in [-0.2, -0.15) is 0 Å². The van der Waals surface area contributed by atoms with Crippen LogP contribution in [0.1, 0.15) is 26.5 Å². The smallest absolute Gasteiger partial charge is 0.274 e. The van der Waals surface area contributed by atoms with Gasteiger partial charge >= 0.3 is 0 Å². The number of nitrogens with zero attached hydrogens (tertiary/aromatic N) is 1. The molecule has 0 fully saturated rings. The van der Waals surface area contributed by atoms with Crippen LogP contribution in [0.2, 0.25) is 0 Å². The monoisotopic (exact) mass is 381 g/mol. The van der Waals surface area contributed by atoms with Gasteiger partial charge in [0, 0.05) is 18.3 Å². The van der Waals surface area contributed by atoms with Crippen LogP contribution in [-0.2, 0) is 6.42 Å². The lowest BCUT2D eigenvalue weighted by Crippen LogP contribution is -2.27. The predicted octanol–water partition coefficient (Wildman–Crippen LogP) is 3.58. The summed E-state index contributed by atoms with van der Waals surface area (Å²) in [7, 11) is 0. The van der Waals surface area contributed by atoms with Crippen LogP contribution in [0.25, 0.3) is 0 Å². The lowest BCUT2D eigenvalue weighted by atomic mass is 10.1. The molecule has 3 aromatic rings. The van der Waals surface area contributed by atoms with Gasteiger partial charge < -0.3 is 10.6 Å². The number of carbonyl (C=O) groups is 2. The highest BCUT2D eigenvalue weighted by molar-refractivity contribution is 6.03. The first-order chi connectivity index (χ1) is 13.5. The van der Waals surface area contributed by atoms with Gasteiger partial charge in [-0.1, -0.05) is 36.4 Å². The molecule has 28 heavy (non-hydrogen) atoms. The molecule has 0 spiro atoms. The number of benzene rings is 2. The maximum absolute atomic E-state index is 13.2. The fourth-order valence-electron chi connectivity index (χ4n) is 2.51. The Labute approximate surface area is 160 Å². The zero-order valence-corrected chi connectivity index (χ0v) is 14.8. The molecule has 0 bridgehead atoms. The maximum Gasteiger partial charge on any atom is 0.274 e. The SMILES string of the molecule is O=C(NCCc1ccccc1)c1cccc(C(=O)Nc2ccc(F)c(F)c2)n1. The number of carbonyl (C=O) groups excluding carboxylic acids is 2. The maximum atomic E-state index is 13.2. The fraction of sp³-hybridized carbons (Fsp3) is 0.0952. The number of halogens is 2. The normalized spacial score (nSPS) is 10.4. The lowest BCUT2D eigenvalue weighted by molar-refractivity contribution is 0.0949. The highest BCUT2D eigenvalue weighted by Gasteiger charge is 2.13. The average Bonchev–Trinajstić information content (AvgIpc) is 2.71. The van der Waals surface area contributed by atoms with Gasteiger partial charge in [-0.15, -0.1) is 0 Å². The second-order valence-electron chi connectivity index (χ2n) is 5.98. The van der Waals surface area contributed by atoms with E-state index in [9.17, 15) is 18.4 Å². The van der Waals surface area contributed by atoms with E-state index in [1.165, 1.54) is 24.3 Å². The molecule has 1 aromatic heterocycles. The van der Waals surface area contributed by atoms with E-state index in [2.05, 4.69) is 15.6 Å². The highest BCUT2D eigenvalue weighted by atomic mass is 19.2. The van der Waals surface area contributed by atoms with Crippen molar-refractivity contribution in [3.63, 3.8) is 0 Å². The molecule has 0 unspecified atom stereocenters. The topological polar surface area (TPSA) is 71.1 Å². The molecule has 0 saturated carbocycles. The molecule has 0 aliphatic heterocycles. The summed E-state index contributed by atoms with van der Waals surface area (Å²) in [5.41, 5.74) is 1.25. The number of nitrogens with one attached hydrogen (secondary N) is 2. The fourth-order valence-corrected chi connectivity index (χ4v) is 2.51. The zero-order valence-electron chi connectivity index (χ0n) is 14.8. The summed E-state index contributed by atoms with van der Waals surface area (Å²) < 4.78 is 26.2. The molecule has 2 N–H and O–H groups in total. The molecule has 142 valence electrons. The first-order valence-corrected chi connectivity index (χ1v) is 8.58. The van der Waals surface area contributed by atoms with Gasteiger partial charge in [0.25, 0.3) is 11.8 Å². The van der Waals surface area contributed by atoms with Crippen molar-refractivity contribution in [2.24, 2.45) is 0 Å². The van der Waals surface area contributed by atoms with Crippen LogP contribution in [0.15, 0.2) is 66.7 Å². The number of anilines is 1. The van der Waals surface area contributed by atoms with Crippen LogP contribution in [0.5, 0.6) is 0 Å².